The smallest absolute Gasteiger partial charge is 0.402 e. The summed E-state index contributed by atoms with van der Waals surface area (Å²) in [5, 5.41) is -4.74. The topological polar surface area (TPSA) is 144 Å². The molecule has 0 aromatic rings. The molecule has 0 aromatic heterocycles. The number of imide groups is 1. The molecule has 1 N–H and O–H groups in total. The highest BCUT2D eigenvalue weighted by Crippen LogP contribution is 2.63. The van der Waals surface area contributed by atoms with Crippen molar-refractivity contribution in [3.05, 3.63) is 0 Å². The number of amides is 2. The zero-order valence-electron chi connectivity index (χ0n) is 22.7. The second-order valence-electron chi connectivity index (χ2n) is 14.2. The Balaban J connectivity index is 1.29. The molecule has 0 radical (unpaired) electrons. The minimum Gasteiger partial charge on any atom is -0.459 e. The summed E-state index contributed by atoms with van der Waals surface area (Å²) >= 11 is 0. The first-order valence-electron chi connectivity index (χ1n) is 14.0. The van der Waals surface area contributed by atoms with Crippen LogP contribution in [-0.2, 0) is 38.8 Å². The molecular weight excluding hydrogens is 552 g/mol. The summed E-state index contributed by atoms with van der Waals surface area (Å²) in [6.07, 6.45) is 4.75. The molecule has 7 rings (SSSR count). The summed E-state index contributed by atoms with van der Waals surface area (Å²) in [4.78, 5) is 55.2. The van der Waals surface area contributed by atoms with Gasteiger partial charge in [0, 0.05) is 11.3 Å². The summed E-state index contributed by atoms with van der Waals surface area (Å²) in [6, 6.07) is -0.768. The molecule has 13 heteroatoms. The van der Waals surface area contributed by atoms with Gasteiger partial charge in [-0.25, -0.2) is 0 Å². The highest BCUT2D eigenvalue weighted by atomic mass is 32.2. The molecular formula is C27H35F2NO9S. The first kappa shape index (κ1) is 28.0. The number of carbonyl (C=O) groups excluding carboxylic acids is 4. The highest BCUT2D eigenvalue weighted by molar-refractivity contribution is 7.86. The molecule has 6 bridgehead atoms. The van der Waals surface area contributed by atoms with Crippen LogP contribution in [0.2, 0.25) is 0 Å². The lowest BCUT2D eigenvalue weighted by Crippen LogP contribution is -2.55. The molecule has 1 saturated heterocycles. The van der Waals surface area contributed by atoms with Crippen LogP contribution in [0.4, 0.5) is 8.78 Å². The summed E-state index contributed by atoms with van der Waals surface area (Å²) in [5.74, 6) is -4.99. The molecule has 6 saturated carbocycles. The maximum atomic E-state index is 13.9. The van der Waals surface area contributed by atoms with Gasteiger partial charge in [0.2, 0.25) is 11.8 Å². The summed E-state index contributed by atoms with van der Waals surface area (Å²) in [7, 11) is -5.84. The number of ether oxygens (including phenoxy) is 2. The minimum atomic E-state index is -5.84. The summed E-state index contributed by atoms with van der Waals surface area (Å²) < 4.78 is 69.3. The van der Waals surface area contributed by atoms with Crippen LogP contribution in [-0.4, -0.2) is 65.6 Å². The average Bonchev–Trinajstić information content (AvgIpc) is 3.43. The van der Waals surface area contributed by atoms with Crippen molar-refractivity contribution in [2.45, 2.75) is 83.1 Å². The van der Waals surface area contributed by atoms with Gasteiger partial charge in [0.05, 0.1) is 23.3 Å². The maximum absolute atomic E-state index is 13.9. The fraction of sp³-hybridized carbons (Fsp3) is 0.852. The monoisotopic (exact) mass is 587 g/mol. The number of likely N-dealkylation sites (tertiary alicyclic amines) is 1. The average molecular weight is 588 g/mol. The predicted octanol–water partition coefficient (Wildman–Crippen LogP) is 2.80. The van der Waals surface area contributed by atoms with Crippen LogP contribution in [0.25, 0.3) is 0 Å². The molecule has 1 heterocycles. The number of halogens is 2. The van der Waals surface area contributed by atoms with Crippen molar-refractivity contribution >= 4 is 33.9 Å². The van der Waals surface area contributed by atoms with E-state index in [0.29, 0.717) is 17.8 Å². The molecule has 6 unspecified atom stereocenters. The SMILES string of the molecule is CC(C)(C)C(=O)N1C(=O)C2C3CC(C(OC(=O)C45CC6CC(CC(C6)C4)C5)C31)C2C(=O)OCC(F)(F)S(=O)(=O)O. The van der Waals surface area contributed by atoms with E-state index in [1.807, 2.05) is 0 Å². The predicted molar refractivity (Wildman–Crippen MR) is 132 cm³/mol. The zero-order valence-corrected chi connectivity index (χ0v) is 23.5. The number of carbonyl (C=O) groups is 4. The van der Waals surface area contributed by atoms with Crippen LogP contribution in [0.15, 0.2) is 0 Å². The Morgan fingerprint density at radius 3 is 2.05 bits per heavy atom. The lowest BCUT2D eigenvalue weighted by atomic mass is 9.49. The fourth-order valence-electron chi connectivity index (χ4n) is 9.32. The van der Waals surface area contributed by atoms with Crippen molar-refractivity contribution in [1.29, 1.82) is 0 Å². The standard InChI is InChI=1S/C27H35F2NO9S/c1-25(2,3)23(33)30-19-15-7-16(18(17(15)21(30)31)22(32)38-11-27(28,29)40(35,36)37)20(19)39-24(34)26-8-12-4-13(9-26)6-14(5-12)10-26/h12-20H,4-11H2,1-3H3,(H,35,36,37). The van der Waals surface area contributed by atoms with E-state index in [1.165, 1.54) is 0 Å². The van der Waals surface area contributed by atoms with E-state index in [2.05, 4.69) is 4.74 Å². The van der Waals surface area contributed by atoms with E-state index < -0.39 is 86.4 Å². The zero-order chi connectivity index (χ0) is 29.2. The number of hydrogen-bond acceptors (Lipinski definition) is 8. The van der Waals surface area contributed by atoms with Crippen LogP contribution in [0.3, 0.4) is 0 Å². The number of esters is 2. The number of alkyl halides is 2. The first-order valence-corrected chi connectivity index (χ1v) is 15.5. The third kappa shape index (κ3) is 4.04. The number of nitrogens with zero attached hydrogens (tertiary/aromatic N) is 1. The van der Waals surface area contributed by atoms with Crippen LogP contribution >= 0.6 is 0 Å². The van der Waals surface area contributed by atoms with E-state index in [0.717, 1.165) is 43.4 Å². The second-order valence-corrected chi connectivity index (χ2v) is 15.7. The molecule has 1 aliphatic heterocycles. The maximum Gasteiger partial charge on any atom is 0.402 e. The third-order valence-corrected chi connectivity index (χ3v) is 11.4. The van der Waals surface area contributed by atoms with Gasteiger partial charge in [-0.3, -0.25) is 28.6 Å². The van der Waals surface area contributed by atoms with Gasteiger partial charge in [0.15, 0.2) is 6.61 Å². The fourth-order valence-corrected chi connectivity index (χ4v) is 9.53. The normalized spacial score (nSPS) is 41.5. The van der Waals surface area contributed by atoms with Crippen LogP contribution < -0.4 is 0 Å². The van der Waals surface area contributed by atoms with Gasteiger partial charge in [-0.2, -0.15) is 17.2 Å². The molecule has 6 aliphatic carbocycles. The van der Waals surface area contributed by atoms with Crippen molar-refractivity contribution in [2.75, 3.05) is 6.61 Å². The quantitative estimate of drug-likeness (QED) is 0.366. The van der Waals surface area contributed by atoms with Crippen molar-refractivity contribution in [3.8, 4) is 0 Å². The number of fused-ring (bicyclic) bond motifs is 1. The van der Waals surface area contributed by atoms with E-state index >= 15 is 0 Å². The van der Waals surface area contributed by atoms with E-state index in [1.54, 1.807) is 20.8 Å². The molecule has 40 heavy (non-hydrogen) atoms. The Morgan fingerprint density at radius 1 is 1.00 bits per heavy atom. The minimum absolute atomic E-state index is 0.252. The lowest BCUT2D eigenvalue weighted by Gasteiger charge is -2.55. The Bertz CT molecular complexity index is 1240. The van der Waals surface area contributed by atoms with E-state index in [-0.39, 0.29) is 12.4 Å². The van der Waals surface area contributed by atoms with Crippen molar-refractivity contribution < 1.29 is 50.4 Å². The Hall–Kier alpha value is -2.15. The molecule has 6 atom stereocenters. The van der Waals surface area contributed by atoms with E-state index in [9.17, 15) is 36.4 Å². The van der Waals surface area contributed by atoms with Crippen molar-refractivity contribution in [3.63, 3.8) is 0 Å². The second kappa shape index (κ2) is 8.68. The van der Waals surface area contributed by atoms with E-state index in [4.69, 9.17) is 9.29 Å². The Morgan fingerprint density at radius 2 is 1.55 bits per heavy atom. The van der Waals surface area contributed by atoms with Gasteiger partial charge in [0.25, 0.3) is 0 Å². The third-order valence-electron chi connectivity index (χ3n) is 10.5. The van der Waals surface area contributed by atoms with Gasteiger partial charge >= 0.3 is 27.3 Å². The molecule has 222 valence electrons. The van der Waals surface area contributed by atoms with Crippen LogP contribution in [0.5, 0.6) is 0 Å². The number of hydrogen-bond donors (Lipinski definition) is 1. The molecule has 7 aliphatic rings. The van der Waals surface area contributed by atoms with Crippen molar-refractivity contribution in [2.24, 2.45) is 52.3 Å². The molecule has 10 nitrogen and oxygen atoms in total. The Labute approximate surface area is 231 Å². The van der Waals surface area contributed by atoms with Crippen LogP contribution in [0, 0.1) is 52.3 Å². The molecule has 7 fully saturated rings. The molecule has 0 aromatic carbocycles. The van der Waals surface area contributed by atoms with Gasteiger partial charge in [0.1, 0.15) is 6.10 Å². The summed E-state index contributed by atoms with van der Waals surface area (Å²) in [5.41, 5.74) is -1.59. The number of rotatable bonds is 6. The summed E-state index contributed by atoms with van der Waals surface area (Å²) in [6.45, 7) is 3.02. The molecule has 2 amide bonds. The van der Waals surface area contributed by atoms with Gasteiger partial charge in [-0.1, -0.05) is 20.8 Å². The van der Waals surface area contributed by atoms with Gasteiger partial charge in [-0.15, -0.1) is 0 Å². The Kier molecular flexibility index (Phi) is 6.08. The highest BCUT2D eigenvalue weighted by Gasteiger charge is 2.73. The van der Waals surface area contributed by atoms with Crippen LogP contribution in [0.1, 0.15) is 65.7 Å². The largest absolute Gasteiger partial charge is 0.459 e. The molecule has 0 spiro atoms. The lowest BCUT2D eigenvalue weighted by molar-refractivity contribution is -0.186. The van der Waals surface area contributed by atoms with Crippen molar-refractivity contribution in [1.82, 2.24) is 4.90 Å². The van der Waals surface area contributed by atoms with Gasteiger partial charge in [-0.05, 0) is 68.6 Å². The first-order chi connectivity index (χ1) is 18.4. The van der Waals surface area contributed by atoms with Gasteiger partial charge < -0.3 is 9.47 Å².